The molecule has 142 valence electrons. The highest BCUT2D eigenvalue weighted by Gasteiger charge is 2.13. The number of anilines is 3. The Bertz CT molecular complexity index is 1100. The third-order valence-corrected chi connectivity index (χ3v) is 4.74. The van der Waals surface area contributed by atoms with E-state index in [2.05, 4.69) is 37.4 Å². The molecule has 1 saturated heterocycles. The van der Waals surface area contributed by atoms with E-state index in [9.17, 15) is 0 Å². The monoisotopic (exact) mass is 376 g/mol. The molecule has 28 heavy (non-hydrogen) atoms. The molecule has 1 aromatic carbocycles. The molecule has 0 amide bonds. The SMILES string of the molecule is Cc1ccc(-c2cncc3nc(Nc4ccc(N5CCOCC5)cc4)nn23)o1. The molecule has 0 aliphatic carbocycles. The number of furan rings is 1. The summed E-state index contributed by atoms with van der Waals surface area (Å²) >= 11 is 0. The third-order valence-electron chi connectivity index (χ3n) is 4.74. The van der Waals surface area contributed by atoms with Crippen molar-refractivity contribution in [1.29, 1.82) is 0 Å². The molecule has 8 heteroatoms. The fraction of sp³-hybridized carbons (Fsp3) is 0.250. The van der Waals surface area contributed by atoms with E-state index in [-0.39, 0.29) is 0 Å². The van der Waals surface area contributed by atoms with E-state index in [0.717, 1.165) is 43.4 Å². The highest BCUT2D eigenvalue weighted by Crippen LogP contribution is 2.24. The molecule has 1 N–H and O–H groups in total. The van der Waals surface area contributed by atoms with Gasteiger partial charge in [-0.25, -0.2) is 4.52 Å². The van der Waals surface area contributed by atoms with Gasteiger partial charge in [-0.05, 0) is 43.3 Å². The number of hydrogen-bond donors (Lipinski definition) is 1. The van der Waals surface area contributed by atoms with E-state index < -0.39 is 0 Å². The zero-order chi connectivity index (χ0) is 18.9. The molecule has 4 aromatic rings. The van der Waals surface area contributed by atoms with Gasteiger partial charge in [0.25, 0.3) is 0 Å². The van der Waals surface area contributed by atoms with Gasteiger partial charge in [0.2, 0.25) is 5.95 Å². The van der Waals surface area contributed by atoms with Crippen LogP contribution in [-0.4, -0.2) is 45.9 Å². The molecule has 3 aromatic heterocycles. The number of nitrogens with one attached hydrogen (secondary N) is 1. The summed E-state index contributed by atoms with van der Waals surface area (Å²) in [7, 11) is 0. The van der Waals surface area contributed by atoms with Crippen LogP contribution in [0.2, 0.25) is 0 Å². The normalized spacial score (nSPS) is 14.5. The minimum Gasteiger partial charge on any atom is -0.460 e. The largest absolute Gasteiger partial charge is 0.460 e. The maximum Gasteiger partial charge on any atom is 0.247 e. The van der Waals surface area contributed by atoms with E-state index in [1.54, 1.807) is 16.9 Å². The molecule has 0 bridgehead atoms. The van der Waals surface area contributed by atoms with Crippen LogP contribution in [-0.2, 0) is 4.74 Å². The molecule has 5 rings (SSSR count). The van der Waals surface area contributed by atoms with Crippen molar-refractivity contribution in [2.45, 2.75) is 6.92 Å². The average Bonchev–Trinajstić information content (AvgIpc) is 3.34. The highest BCUT2D eigenvalue weighted by molar-refractivity contribution is 5.62. The fourth-order valence-electron chi connectivity index (χ4n) is 3.31. The number of nitrogens with zero attached hydrogens (tertiary/aromatic N) is 5. The first-order valence-corrected chi connectivity index (χ1v) is 9.24. The van der Waals surface area contributed by atoms with Gasteiger partial charge in [0, 0.05) is 24.5 Å². The van der Waals surface area contributed by atoms with Crippen molar-refractivity contribution in [3.8, 4) is 11.5 Å². The Morgan fingerprint density at radius 1 is 1.00 bits per heavy atom. The predicted octanol–water partition coefficient (Wildman–Crippen LogP) is 3.27. The quantitative estimate of drug-likeness (QED) is 0.585. The Labute approximate surface area is 161 Å². The molecule has 1 aliphatic heterocycles. The lowest BCUT2D eigenvalue weighted by atomic mass is 10.2. The molecule has 0 saturated carbocycles. The number of ether oxygens (including phenoxy) is 1. The van der Waals surface area contributed by atoms with E-state index in [1.165, 1.54) is 5.69 Å². The van der Waals surface area contributed by atoms with Crippen LogP contribution in [0.25, 0.3) is 17.1 Å². The predicted molar refractivity (Wildman–Crippen MR) is 106 cm³/mol. The van der Waals surface area contributed by atoms with Gasteiger partial charge in [0.1, 0.15) is 11.5 Å². The summed E-state index contributed by atoms with van der Waals surface area (Å²) in [5.41, 5.74) is 3.53. The van der Waals surface area contributed by atoms with Gasteiger partial charge in [0.15, 0.2) is 11.4 Å². The molecule has 0 spiro atoms. The Kier molecular flexibility index (Phi) is 4.17. The summed E-state index contributed by atoms with van der Waals surface area (Å²) in [5, 5.41) is 7.84. The Morgan fingerprint density at radius 2 is 1.82 bits per heavy atom. The number of rotatable bonds is 4. The number of morpholine rings is 1. The van der Waals surface area contributed by atoms with Crippen LogP contribution in [0, 0.1) is 6.92 Å². The second-order valence-electron chi connectivity index (χ2n) is 6.68. The lowest BCUT2D eigenvalue weighted by Gasteiger charge is -2.28. The summed E-state index contributed by atoms with van der Waals surface area (Å²) in [4.78, 5) is 11.1. The van der Waals surface area contributed by atoms with Crippen molar-refractivity contribution in [2.75, 3.05) is 36.5 Å². The molecule has 0 atom stereocenters. The lowest BCUT2D eigenvalue weighted by molar-refractivity contribution is 0.122. The summed E-state index contributed by atoms with van der Waals surface area (Å²) in [6.45, 7) is 5.30. The van der Waals surface area contributed by atoms with Crippen LogP contribution >= 0.6 is 0 Å². The number of benzene rings is 1. The second-order valence-corrected chi connectivity index (χ2v) is 6.68. The number of fused-ring (bicyclic) bond motifs is 1. The van der Waals surface area contributed by atoms with Gasteiger partial charge in [0.05, 0.1) is 25.6 Å². The van der Waals surface area contributed by atoms with Crippen LogP contribution in [0.5, 0.6) is 0 Å². The van der Waals surface area contributed by atoms with Crippen molar-refractivity contribution in [3.63, 3.8) is 0 Å². The molecule has 0 unspecified atom stereocenters. The molecule has 1 aliphatic rings. The molecule has 4 heterocycles. The average molecular weight is 376 g/mol. The lowest BCUT2D eigenvalue weighted by Crippen LogP contribution is -2.36. The van der Waals surface area contributed by atoms with Gasteiger partial charge >= 0.3 is 0 Å². The van der Waals surface area contributed by atoms with Gasteiger partial charge in [-0.15, -0.1) is 5.10 Å². The molecule has 1 fully saturated rings. The van der Waals surface area contributed by atoms with Crippen molar-refractivity contribution in [2.24, 2.45) is 0 Å². The Hall–Kier alpha value is -3.39. The molecular formula is C20H20N6O2. The summed E-state index contributed by atoms with van der Waals surface area (Å²) in [6, 6.07) is 12.1. The van der Waals surface area contributed by atoms with Crippen molar-refractivity contribution < 1.29 is 9.15 Å². The highest BCUT2D eigenvalue weighted by atomic mass is 16.5. The van der Waals surface area contributed by atoms with Crippen molar-refractivity contribution in [1.82, 2.24) is 19.6 Å². The van der Waals surface area contributed by atoms with E-state index in [0.29, 0.717) is 17.4 Å². The Balaban J connectivity index is 1.39. The molecular weight excluding hydrogens is 356 g/mol. The number of hydrogen-bond acceptors (Lipinski definition) is 7. The van der Waals surface area contributed by atoms with E-state index >= 15 is 0 Å². The van der Waals surface area contributed by atoms with Gasteiger partial charge in [-0.1, -0.05) is 0 Å². The van der Waals surface area contributed by atoms with E-state index in [4.69, 9.17) is 9.15 Å². The van der Waals surface area contributed by atoms with Gasteiger partial charge in [-0.3, -0.25) is 4.98 Å². The van der Waals surface area contributed by atoms with Crippen LogP contribution in [0.4, 0.5) is 17.3 Å². The van der Waals surface area contributed by atoms with Gasteiger partial charge < -0.3 is 19.4 Å². The maximum atomic E-state index is 5.71. The van der Waals surface area contributed by atoms with Crippen LogP contribution in [0.1, 0.15) is 5.76 Å². The first-order chi connectivity index (χ1) is 13.8. The van der Waals surface area contributed by atoms with E-state index in [1.807, 2.05) is 31.2 Å². The second kappa shape index (κ2) is 6.97. The summed E-state index contributed by atoms with van der Waals surface area (Å²) in [5.74, 6) is 2.06. The molecule has 0 radical (unpaired) electrons. The minimum atomic E-state index is 0.511. The standard InChI is InChI=1S/C20H20N6O2/c1-14-2-7-18(28-14)17-12-21-13-19-23-20(24-26(17)19)22-15-3-5-16(6-4-15)25-8-10-27-11-9-25/h2-7,12-13H,8-11H2,1H3,(H,22,24). The number of aryl methyl sites for hydroxylation is 1. The number of aromatic nitrogens is 4. The summed E-state index contributed by atoms with van der Waals surface area (Å²) < 4.78 is 12.9. The maximum absolute atomic E-state index is 5.71. The fourth-order valence-corrected chi connectivity index (χ4v) is 3.31. The first-order valence-electron chi connectivity index (χ1n) is 9.24. The smallest absolute Gasteiger partial charge is 0.247 e. The third kappa shape index (κ3) is 3.18. The molecule has 8 nitrogen and oxygen atoms in total. The minimum absolute atomic E-state index is 0.511. The van der Waals surface area contributed by atoms with Crippen molar-refractivity contribution >= 4 is 23.0 Å². The van der Waals surface area contributed by atoms with Gasteiger partial charge in [-0.2, -0.15) is 4.98 Å². The zero-order valence-corrected chi connectivity index (χ0v) is 15.5. The Morgan fingerprint density at radius 3 is 2.57 bits per heavy atom. The zero-order valence-electron chi connectivity index (χ0n) is 15.5. The van der Waals surface area contributed by atoms with Crippen LogP contribution in [0.15, 0.2) is 53.2 Å². The summed E-state index contributed by atoms with van der Waals surface area (Å²) in [6.07, 6.45) is 3.40. The van der Waals surface area contributed by atoms with Crippen LogP contribution < -0.4 is 10.2 Å². The topological polar surface area (TPSA) is 80.7 Å². The van der Waals surface area contributed by atoms with Crippen molar-refractivity contribution in [3.05, 3.63) is 54.6 Å². The first kappa shape index (κ1) is 16.8. The van der Waals surface area contributed by atoms with Crippen LogP contribution in [0.3, 0.4) is 0 Å².